The molecule has 0 aliphatic rings. The fraction of sp³-hybridized carbons (Fsp3) is 0.500. The molecule has 0 aliphatic heterocycles. The number of nitrogens with zero attached hydrogens (tertiary/aromatic N) is 2. The van der Waals surface area contributed by atoms with Gasteiger partial charge in [-0.05, 0) is 18.4 Å². The van der Waals surface area contributed by atoms with E-state index >= 15 is 0 Å². The van der Waals surface area contributed by atoms with Gasteiger partial charge < -0.3 is 10.1 Å². The van der Waals surface area contributed by atoms with Crippen LogP contribution in [0.2, 0.25) is 0 Å². The Hall–Kier alpha value is -1.65. The molecule has 1 heterocycles. The minimum absolute atomic E-state index is 0.737. The average Bonchev–Trinajstić information content (AvgIpc) is 2.89. The second-order valence-electron chi connectivity index (χ2n) is 5.39. The lowest BCUT2D eigenvalue weighted by molar-refractivity contribution is 0.199. The first-order valence-corrected chi connectivity index (χ1v) is 8.11. The molecule has 0 atom stereocenters. The summed E-state index contributed by atoms with van der Waals surface area (Å²) in [5.41, 5.74) is 5.20. The van der Waals surface area contributed by atoms with Crippen LogP contribution in [0.1, 0.15) is 36.4 Å². The quantitative estimate of drug-likeness (QED) is 0.724. The SMILES string of the molecule is CCc1nn(Cc2ccccc2)c(CC)c1CNCCOC. The molecule has 0 bridgehead atoms. The molecule has 4 heteroatoms. The molecule has 1 aromatic carbocycles. The first kappa shape index (κ1) is 16.7. The van der Waals surface area contributed by atoms with E-state index in [1.54, 1.807) is 7.11 Å². The summed E-state index contributed by atoms with van der Waals surface area (Å²) in [6, 6.07) is 10.5. The Morgan fingerprint density at radius 1 is 1.14 bits per heavy atom. The largest absolute Gasteiger partial charge is 0.383 e. The number of aromatic nitrogens is 2. The van der Waals surface area contributed by atoms with Gasteiger partial charge in [-0.25, -0.2) is 0 Å². The first-order valence-electron chi connectivity index (χ1n) is 8.11. The highest BCUT2D eigenvalue weighted by molar-refractivity contribution is 5.28. The number of rotatable bonds is 9. The normalized spacial score (nSPS) is 11.0. The Morgan fingerprint density at radius 2 is 1.91 bits per heavy atom. The molecule has 2 rings (SSSR count). The van der Waals surface area contributed by atoms with Gasteiger partial charge in [0.1, 0.15) is 0 Å². The third-order valence-corrected chi connectivity index (χ3v) is 3.88. The van der Waals surface area contributed by atoms with Gasteiger partial charge in [-0.1, -0.05) is 44.2 Å². The standard InChI is InChI=1S/C18H27N3O/c1-4-17-16(13-19-11-12-22-3)18(5-2)21(20-17)14-15-9-7-6-8-10-15/h6-10,19H,4-5,11-14H2,1-3H3. The Kier molecular flexibility index (Phi) is 6.62. The molecule has 1 N–H and O–H groups in total. The van der Waals surface area contributed by atoms with Crippen molar-refractivity contribution in [1.29, 1.82) is 0 Å². The van der Waals surface area contributed by atoms with Crippen molar-refractivity contribution in [2.45, 2.75) is 39.8 Å². The molecule has 0 saturated carbocycles. The molecule has 1 aromatic heterocycles. The molecule has 120 valence electrons. The van der Waals surface area contributed by atoms with Crippen LogP contribution in [0.3, 0.4) is 0 Å². The van der Waals surface area contributed by atoms with E-state index in [1.807, 2.05) is 0 Å². The summed E-state index contributed by atoms with van der Waals surface area (Å²) < 4.78 is 7.26. The van der Waals surface area contributed by atoms with Crippen molar-refractivity contribution in [3.05, 3.63) is 52.8 Å². The van der Waals surface area contributed by atoms with Crippen molar-refractivity contribution in [2.75, 3.05) is 20.3 Å². The van der Waals surface area contributed by atoms with Crippen molar-refractivity contribution in [1.82, 2.24) is 15.1 Å². The maximum absolute atomic E-state index is 5.09. The molecule has 0 radical (unpaired) electrons. The Balaban J connectivity index is 2.17. The second kappa shape index (κ2) is 8.71. The van der Waals surface area contributed by atoms with Crippen molar-refractivity contribution >= 4 is 0 Å². The van der Waals surface area contributed by atoms with Crippen LogP contribution in [-0.4, -0.2) is 30.0 Å². The van der Waals surface area contributed by atoms with Crippen LogP contribution in [0, 0.1) is 0 Å². The molecule has 0 aliphatic carbocycles. The molecule has 0 spiro atoms. The van der Waals surface area contributed by atoms with Gasteiger partial charge >= 0.3 is 0 Å². The van der Waals surface area contributed by atoms with Crippen LogP contribution in [0.5, 0.6) is 0 Å². The monoisotopic (exact) mass is 301 g/mol. The first-order chi connectivity index (χ1) is 10.8. The molecular formula is C18H27N3O. The zero-order valence-electron chi connectivity index (χ0n) is 13.9. The van der Waals surface area contributed by atoms with E-state index < -0.39 is 0 Å². The van der Waals surface area contributed by atoms with E-state index in [0.717, 1.165) is 39.1 Å². The van der Waals surface area contributed by atoms with E-state index in [-0.39, 0.29) is 0 Å². The predicted molar refractivity (Wildman–Crippen MR) is 90.1 cm³/mol. The van der Waals surface area contributed by atoms with Gasteiger partial charge in [-0.2, -0.15) is 5.10 Å². The Morgan fingerprint density at radius 3 is 2.55 bits per heavy atom. The summed E-state index contributed by atoms with van der Waals surface area (Å²) in [7, 11) is 1.73. The number of nitrogens with one attached hydrogen (secondary N) is 1. The van der Waals surface area contributed by atoms with Gasteiger partial charge in [0.15, 0.2) is 0 Å². The predicted octanol–water partition coefficient (Wildman–Crippen LogP) is 2.79. The molecule has 22 heavy (non-hydrogen) atoms. The minimum atomic E-state index is 0.737. The van der Waals surface area contributed by atoms with E-state index in [2.05, 4.69) is 54.2 Å². The van der Waals surface area contributed by atoms with Gasteiger partial charge in [0.2, 0.25) is 0 Å². The third kappa shape index (κ3) is 4.18. The van der Waals surface area contributed by atoms with E-state index in [4.69, 9.17) is 9.84 Å². The maximum atomic E-state index is 5.09. The lowest BCUT2D eigenvalue weighted by atomic mass is 10.1. The number of hydrogen-bond acceptors (Lipinski definition) is 3. The van der Waals surface area contributed by atoms with Gasteiger partial charge in [-0.15, -0.1) is 0 Å². The summed E-state index contributed by atoms with van der Waals surface area (Å²) in [5, 5.41) is 8.29. The molecule has 4 nitrogen and oxygen atoms in total. The highest BCUT2D eigenvalue weighted by Crippen LogP contribution is 2.17. The van der Waals surface area contributed by atoms with Crippen molar-refractivity contribution < 1.29 is 4.74 Å². The highest BCUT2D eigenvalue weighted by Gasteiger charge is 2.15. The summed E-state index contributed by atoms with van der Waals surface area (Å²) in [4.78, 5) is 0. The molecular weight excluding hydrogens is 274 g/mol. The van der Waals surface area contributed by atoms with E-state index in [0.29, 0.717) is 0 Å². The lowest BCUT2D eigenvalue weighted by Gasteiger charge is -2.09. The highest BCUT2D eigenvalue weighted by atomic mass is 16.5. The Bertz CT molecular complexity index is 563. The van der Waals surface area contributed by atoms with Gasteiger partial charge in [0.05, 0.1) is 18.8 Å². The molecule has 0 amide bonds. The van der Waals surface area contributed by atoms with E-state index in [9.17, 15) is 0 Å². The van der Waals surface area contributed by atoms with Crippen LogP contribution in [0.15, 0.2) is 30.3 Å². The fourth-order valence-corrected chi connectivity index (χ4v) is 2.75. The molecule has 0 saturated heterocycles. The van der Waals surface area contributed by atoms with Crippen molar-refractivity contribution in [2.24, 2.45) is 0 Å². The lowest BCUT2D eigenvalue weighted by Crippen LogP contribution is -2.20. The number of ether oxygens (including phenoxy) is 1. The fourth-order valence-electron chi connectivity index (χ4n) is 2.75. The maximum Gasteiger partial charge on any atom is 0.0669 e. The van der Waals surface area contributed by atoms with Gasteiger partial charge in [0, 0.05) is 31.5 Å². The minimum Gasteiger partial charge on any atom is -0.383 e. The number of methoxy groups -OCH3 is 1. The zero-order valence-corrected chi connectivity index (χ0v) is 13.9. The third-order valence-electron chi connectivity index (χ3n) is 3.88. The van der Waals surface area contributed by atoms with Crippen LogP contribution < -0.4 is 5.32 Å². The van der Waals surface area contributed by atoms with Gasteiger partial charge in [0.25, 0.3) is 0 Å². The van der Waals surface area contributed by atoms with Crippen LogP contribution >= 0.6 is 0 Å². The molecule has 2 aromatic rings. The number of aryl methyl sites for hydroxylation is 1. The van der Waals surface area contributed by atoms with Crippen LogP contribution in [0.4, 0.5) is 0 Å². The topological polar surface area (TPSA) is 39.1 Å². The van der Waals surface area contributed by atoms with Crippen molar-refractivity contribution in [3.63, 3.8) is 0 Å². The second-order valence-corrected chi connectivity index (χ2v) is 5.39. The van der Waals surface area contributed by atoms with E-state index in [1.165, 1.54) is 22.5 Å². The van der Waals surface area contributed by atoms with Crippen molar-refractivity contribution in [3.8, 4) is 0 Å². The zero-order chi connectivity index (χ0) is 15.8. The smallest absolute Gasteiger partial charge is 0.0669 e. The van der Waals surface area contributed by atoms with Crippen LogP contribution in [-0.2, 0) is 30.7 Å². The summed E-state index contributed by atoms with van der Waals surface area (Å²) in [6.07, 6.45) is 1.97. The van der Waals surface area contributed by atoms with Crippen LogP contribution in [0.25, 0.3) is 0 Å². The molecule has 0 unspecified atom stereocenters. The van der Waals surface area contributed by atoms with Gasteiger partial charge in [-0.3, -0.25) is 4.68 Å². The summed E-state index contributed by atoms with van der Waals surface area (Å²) in [6.45, 7) is 7.69. The number of benzene rings is 1. The number of hydrogen-bond donors (Lipinski definition) is 1. The average molecular weight is 301 g/mol. The molecule has 0 fully saturated rings. The summed E-state index contributed by atoms with van der Waals surface area (Å²) >= 11 is 0. The Labute approximate surface area is 133 Å². The summed E-state index contributed by atoms with van der Waals surface area (Å²) in [5.74, 6) is 0.